The molecule has 0 aromatic heterocycles. The zero-order chi connectivity index (χ0) is 15.9. The zero-order valence-corrected chi connectivity index (χ0v) is 17.3. The number of hydrogen-bond acceptors (Lipinski definition) is 4. The van der Waals surface area contributed by atoms with Crippen LogP contribution >= 0.6 is 12.6 Å². The fraction of sp³-hybridized carbons (Fsp3) is 1.00. The lowest BCUT2D eigenvalue weighted by Crippen LogP contribution is -2.72. The molecule has 0 fully saturated rings. The Hall–Kier alpha value is 0.664. The van der Waals surface area contributed by atoms with E-state index >= 15 is 0 Å². The first-order valence-corrected chi connectivity index (χ1v) is 12.8. The molecule has 0 aliphatic carbocycles. The molecule has 0 amide bonds. The normalized spacial score (nSPS) is 16.2. The van der Waals surface area contributed by atoms with Crippen molar-refractivity contribution in [3.8, 4) is 0 Å². The first-order chi connectivity index (χ1) is 9.36. The van der Waals surface area contributed by atoms with E-state index in [1.54, 1.807) is 0 Å². The van der Waals surface area contributed by atoms with Crippen molar-refractivity contribution in [1.82, 2.24) is 0 Å². The van der Waals surface area contributed by atoms with Crippen molar-refractivity contribution in [3.63, 3.8) is 0 Å². The topological polar surface area (TPSA) is 27.7 Å². The van der Waals surface area contributed by atoms with Gasteiger partial charge in [0, 0.05) is 19.8 Å². The SMILES string of the molecule is CCO[Si](OCC)(OCC)[C@@](C)(S)[Si](CC)(CC)CC. The van der Waals surface area contributed by atoms with E-state index in [2.05, 4.69) is 27.7 Å². The van der Waals surface area contributed by atoms with Gasteiger partial charge in [0.2, 0.25) is 0 Å². The van der Waals surface area contributed by atoms with E-state index in [1.807, 2.05) is 20.8 Å². The van der Waals surface area contributed by atoms with Crippen LogP contribution in [0.1, 0.15) is 48.5 Å². The third kappa shape index (κ3) is 3.70. The van der Waals surface area contributed by atoms with Crippen molar-refractivity contribution < 1.29 is 13.3 Å². The molecule has 0 saturated heterocycles. The van der Waals surface area contributed by atoms with Gasteiger partial charge in [0.05, 0.1) is 12.1 Å². The molecule has 0 bridgehead atoms. The van der Waals surface area contributed by atoms with Gasteiger partial charge in [0.25, 0.3) is 0 Å². The second-order valence-electron chi connectivity index (χ2n) is 5.27. The number of rotatable bonds is 11. The Morgan fingerprint density at radius 2 is 1.05 bits per heavy atom. The Morgan fingerprint density at radius 3 is 1.25 bits per heavy atom. The van der Waals surface area contributed by atoms with Crippen LogP contribution in [0.25, 0.3) is 0 Å². The Bertz CT molecular complexity index is 246. The zero-order valence-electron chi connectivity index (χ0n) is 14.4. The predicted octanol–water partition coefficient (Wildman–Crippen LogP) is 4.31. The first kappa shape index (κ1) is 20.7. The monoisotopic (exact) mass is 338 g/mol. The molecule has 0 aromatic rings. The summed E-state index contributed by atoms with van der Waals surface area (Å²) < 4.78 is 18.2. The van der Waals surface area contributed by atoms with Gasteiger partial charge in [0.1, 0.15) is 0 Å². The van der Waals surface area contributed by atoms with Gasteiger partial charge in [0.15, 0.2) is 0 Å². The van der Waals surface area contributed by atoms with Crippen molar-refractivity contribution in [2.24, 2.45) is 0 Å². The van der Waals surface area contributed by atoms with Crippen LogP contribution in [-0.4, -0.2) is 40.7 Å². The second-order valence-corrected chi connectivity index (χ2v) is 16.2. The van der Waals surface area contributed by atoms with E-state index < -0.39 is 16.9 Å². The molecule has 0 rings (SSSR count). The smallest absolute Gasteiger partial charge is 0.373 e. The molecular weight excluding hydrogens is 304 g/mol. The quantitative estimate of drug-likeness (QED) is 0.449. The van der Waals surface area contributed by atoms with E-state index in [4.69, 9.17) is 25.9 Å². The highest BCUT2D eigenvalue weighted by molar-refractivity contribution is 7.86. The van der Waals surface area contributed by atoms with E-state index in [0.29, 0.717) is 19.8 Å². The Labute approximate surface area is 133 Å². The van der Waals surface area contributed by atoms with Gasteiger partial charge in [-0.1, -0.05) is 38.9 Å². The van der Waals surface area contributed by atoms with Crippen LogP contribution in [0.15, 0.2) is 0 Å². The fourth-order valence-electron chi connectivity index (χ4n) is 3.22. The van der Waals surface area contributed by atoms with Crippen molar-refractivity contribution in [3.05, 3.63) is 0 Å². The average Bonchev–Trinajstić information content (AvgIpc) is 2.41. The molecule has 3 nitrogen and oxygen atoms in total. The molecule has 0 aliphatic heterocycles. The largest absolute Gasteiger partial charge is 0.514 e. The van der Waals surface area contributed by atoms with Crippen molar-refractivity contribution in [2.75, 3.05) is 19.8 Å². The molecule has 6 heteroatoms. The van der Waals surface area contributed by atoms with Crippen molar-refractivity contribution in [1.29, 1.82) is 0 Å². The fourth-order valence-corrected chi connectivity index (χ4v) is 15.9. The summed E-state index contributed by atoms with van der Waals surface area (Å²) in [6.07, 6.45) is 0. The maximum absolute atomic E-state index is 6.14. The summed E-state index contributed by atoms with van der Waals surface area (Å²) >= 11 is 5.14. The molecule has 122 valence electrons. The molecule has 0 unspecified atom stereocenters. The van der Waals surface area contributed by atoms with Crippen molar-refractivity contribution in [2.45, 2.75) is 70.6 Å². The molecule has 0 N–H and O–H groups in total. The van der Waals surface area contributed by atoms with E-state index in [-0.39, 0.29) is 3.99 Å². The summed E-state index contributed by atoms with van der Waals surface area (Å²) in [6.45, 7) is 17.0. The van der Waals surface area contributed by atoms with Crippen LogP contribution in [-0.2, 0) is 13.3 Å². The summed E-state index contributed by atoms with van der Waals surface area (Å²) in [5, 5.41) is 0. The highest BCUT2D eigenvalue weighted by Crippen LogP contribution is 2.44. The molecule has 0 saturated carbocycles. The van der Waals surface area contributed by atoms with Crippen LogP contribution in [0.5, 0.6) is 0 Å². The summed E-state index contributed by atoms with van der Waals surface area (Å²) in [5.74, 6) is 0. The van der Waals surface area contributed by atoms with Crippen LogP contribution in [0.4, 0.5) is 0 Å². The van der Waals surface area contributed by atoms with Gasteiger partial charge >= 0.3 is 8.80 Å². The van der Waals surface area contributed by atoms with E-state index in [1.165, 1.54) is 18.1 Å². The van der Waals surface area contributed by atoms with Gasteiger partial charge in [-0.15, -0.1) is 0 Å². The lowest BCUT2D eigenvalue weighted by atomic mass is 10.9. The lowest BCUT2D eigenvalue weighted by Gasteiger charge is -2.50. The van der Waals surface area contributed by atoms with Crippen molar-refractivity contribution >= 4 is 29.5 Å². The molecule has 0 aromatic carbocycles. The van der Waals surface area contributed by atoms with E-state index in [0.717, 1.165) is 0 Å². The Balaban J connectivity index is 5.81. The molecule has 0 aliphatic rings. The summed E-state index contributed by atoms with van der Waals surface area (Å²) in [4.78, 5) is 0. The standard InChI is InChI=1S/C14H34O3SSi2/c1-8-15-20(16-9-2,17-10-3)14(7,18)19(11-4,12-5)13-6/h18H,8-13H2,1-7H3/t14-/m0/s1. The summed E-state index contributed by atoms with van der Waals surface area (Å²) in [5.41, 5.74) is 0. The van der Waals surface area contributed by atoms with Crippen LogP contribution in [0.2, 0.25) is 18.1 Å². The predicted molar refractivity (Wildman–Crippen MR) is 95.2 cm³/mol. The van der Waals surface area contributed by atoms with Crippen LogP contribution < -0.4 is 0 Å². The second kappa shape index (κ2) is 8.95. The third-order valence-electron chi connectivity index (χ3n) is 4.66. The molecule has 0 heterocycles. The summed E-state index contributed by atoms with van der Waals surface area (Å²) in [6, 6.07) is 3.55. The maximum Gasteiger partial charge on any atom is 0.514 e. The molecule has 1 atom stereocenters. The Morgan fingerprint density at radius 1 is 0.750 bits per heavy atom. The first-order valence-electron chi connectivity index (χ1n) is 8.01. The van der Waals surface area contributed by atoms with Crippen LogP contribution in [0.3, 0.4) is 0 Å². The highest BCUT2D eigenvalue weighted by atomic mass is 32.1. The Kier molecular flexibility index (Phi) is 9.25. The minimum Gasteiger partial charge on any atom is -0.373 e. The molecule has 20 heavy (non-hydrogen) atoms. The number of hydrogen-bond donors (Lipinski definition) is 1. The number of thiol groups is 1. The minimum absolute atomic E-state index is 0.264. The van der Waals surface area contributed by atoms with Crippen LogP contribution in [0, 0.1) is 0 Å². The molecule has 0 spiro atoms. The minimum atomic E-state index is -2.80. The summed E-state index contributed by atoms with van der Waals surface area (Å²) in [7, 11) is -4.44. The van der Waals surface area contributed by atoms with Gasteiger partial charge in [-0.3, -0.25) is 0 Å². The lowest BCUT2D eigenvalue weighted by molar-refractivity contribution is 0.0662. The average molecular weight is 339 g/mol. The van der Waals surface area contributed by atoms with E-state index in [9.17, 15) is 0 Å². The van der Waals surface area contributed by atoms with Gasteiger partial charge in [-0.25, -0.2) is 0 Å². The third-order valence-corrected chi connectivity index (χ3v) is 18.7. The molecule has 0 radical (unpaired) electrons. The molecular formula is C14H34O3SSi2. The van der Waals surface area contributed by atoms with Gasteiger partial charge in [-0.05, 0) is 27.7 Å². The van der Waals surface area contributed by atoms with Gasteiger partial charge in [-0.2, -0.15) is 12.6 Å². The highest BCUT2D eigenvalue weighted by Gasteiger charge is 2.65. The van der Waals surface area contributed by atoms with Gasteiger partial charge < -0.3 is 13.3 Å². The maximum atomic E-state index is 6.14.